The highest BCUT2D eigenvalue weighted by Crippen LogP contribution is 2.12. The Balaban J connectivity index is 1.41. The summed E-state index contributed by atoms with van der Waals surface area (Å²) in [5.41, 5.74) is 1.01. The first-order chi connectivity index (χ1) is 12.1. The predicted molar refractivity (Wildman–Crippen MR) is 100 cm³/mol. The van der Waals surface area contributed by atoms with Gasteiger partial charge in [-0.25, -0.2) is 4.79 Å². The maximum absolute atomic E-state index is 12.3. The smallest absolute Gasteiger partial charge is 0.317 e. The maximum Gasteiger partial charge on any atom is 0.317 e. The van der Waals surface area contributed by atoms with Crippen molar-refractivity contribution < 1.29 is 9.59 Å². The molecule has 0 aliphatic carbocycles. The van der Waals surface area contributed by atoms with E-state index in [9.17, 15) is 9.59 Å². The third-order valence-corrected chi connectivity index (χ3v) is 5.34. The van der Waals surface area contributed by atoms with Crippen molar-refractivity contribution in [2.24, 2.45) is 0 Å². The SMILES string of the molecule is O=C(CN1CCN(C(=O)NCc2ccc(Cl)cc2)CC1)c1cccs1. The Hall–Kier alpha value is -1.89. The molecule has 0 radical (unpaired) electrons. The first kappa shape index (κ1) is 17.9. The number of hydrogen-bond acceptors (Lipinski definition) is 4. The number of carbonyl (C=O) groups excluding carboxylic acids is 2. The number of hydrogen-bond donors (Lipinski definition) is 1. The van der Waals surface area contributed by atoms with Gasteiger partial charge in [0.25, 0.3) is 0 Å². The Morgan fingerprint density at radius 2 is 1.80 bits per heavy atom. The van der Waals surface area contributed by atoms with E-state index in [0.717, 1.165) is 10.4 Å². The normalized spacial score (nSPS) is 15.2. The highest BCUT2D eigenvalue weighted by atomic mass is 35.5. The summed E-state index contributed by atoms with van der Waals surface area (Å²) >= 11 is 7.33. The molecule has 1 N–H and O–H groups in total. The number of thiophene rings is 1. The molecule has 0 spiro atoms. The standard InChI is InChI=1S/C18H20ClN3O2S/c19-15-5-3-14(4-6-15)12-20-18(24)22-9-7-21(8-10-22)13-16(23)17-2-1-11-25-17/h1-6,11H,7-10,12-13H2,(H,20,24). The van der Waals surface area contributed by atoms with Crippen molar-refractivity contribution >= 4 is 34.8 Å². The fraction of sp³-hybridized carbons (Fsp3) is 0.333. The number of carbonyl (C=O) groups is 2. The van der Waals surface area contributed by atoms with E-state index in [4.69, 9.17) is 11.6 Å². The van der Waals surface area contributed by atoms with Crippen molar-refractivity contribution in [3.05, 3.63) is 57.2 Å². The molecule has 2 heterocycles. The number of Topliss-reactive ketones (excluding diaryl/α,β-unsaturated/α-hetero) is 1. The molecule has 0 atom stereocenters. The molecule has 2 amide bonds. The molecule has 7 heteroatoms. The third kappa shape index (κ3) is 5.04. The van der Waals surface area contributed by atoms with Crippen molar-refractivity contribution in [1.29, 1.82) is 0 Å². The van der Waals surface area contributed by atoms with Gasteiger partial charge in [0.15, 0.2) is 5.78 Å². The summed E-state index contributed by atoms with van der Waals surface area (Å²) in [6.07, 6.45) is 0. The van der Waals surface area contributed by atoms with Crippen LogP contribution in [-0.4, -0.2) is 54.3 Å². The summed E-state index contributed by atoms with van der Waals surface area (Å²) in [7, 11) is 0. The van der Waals surface area contributed by atoms with E-state index >= 15 is 0 Å². The van der Waals surface area contributed by atoms with Crippen LogP contribution in [0.3, 0.4) is 0 Å². The molecule has 132 valence electrons. The quantitative estimate of drug-likeness (QED) is 0.814. The minimum Gasteiger partial charge on any atom is -0.334 e. The second kappa shape index (κ2) is 8.47. The Morgan fingerprint density at radius 1 is 1.08 bits per heavy atom. The number of urea groups is 1. The van der Waals surface area contributed by atoms with Crippen LogP contribution in [0.5, 0.6) is 0 Å². The van der Waals surface area contributed by atoms with Gasteiger partial charge < -0.3 is 10.2 Å². The van der Waals surface area contributed by atoms with E-state index in [1.165, 1.54) is 11.3 Å². The van der Waals surface area contributed by atoms with Crippen LogP contribution >= 0.6 is 22.9 Å². The Kier molecular flexibility index (Phi) is 6.07. The molecule has 25 heavy (non-hydrogen) atoms. The maximum atomic E-state index is 12.3. The van der Waals surface area contributed by atoms with Crippen molar-refractivity contribution in [1.82, 2.24) is 15.1 Å². The summed E-state index contributed by atoms with van der Waals surface area (Å²) in [4.78, 5) is 29.1. The van der Waals surface area contributed by atoms with E-state index < -0.39 is 0 Å². The van der Waals surface area contributed by atoms with Crippen LogP contribution < -0.4 is 5.32 Å². The van der Waals surface area contributed by atoms with Gasteiger partial charge in [-0.05, 0) is 29.1 Å². The first-order valence-corrected chi connectivity index (χ1v) is 9.44. The van der Waals surface area contributed by atoms with E-state index in [2.05, 4.69) is 10.2 Å². The van der Waals surface area contributed by atoms with Crippen LogP contribution in [0, 0.1) is 0 Å². The zero-order valence-electron chi connectivity index (χ0n) is 13.8. The molecular weight excluding hydrogens is 358 g/mol. The molecular formula is C18H20ClN3O2S. The molecule has 0 unspecified atom stereocenters. The van der Waals surface area contributed by atoms with Gasteiger partial charge >= 0.3 is 6.03 Å². The van der Waals surface area contributed by atoms with Crippen LogP contribution in [0.1, 0.15) is 15.2 Å². The van der Waals surface area contributed by atoms with E-state index in [0.29, 0.717) is 44.3 Å². The van der Waals surface area contributed by atoms with Gasteiger partial charge in [-0.3, -0.25) is 9.69 Å². The number of nitrogens with one attached hydrogen (secondary N) is 1. The number of nitrogens with zero attached hydrogens (tertiary/aromatic N) is 2. The van der Waals surface area contributed by atoms with Gasteiger partial charge in [0, 0.05) is 37.7 Å². The summed E-state index contributed by atoms with van der Waals surface area (Å²) in [5, 5.41) is 5.52. The fourth-order valence-corrected chi connectivity index (χ4v) is 3.50. The number of ketones is 1. The molecule has 3 rings (SSSR count). The number of halogens is 1. The Morgan fingerprint density at radius 3 is 2.44 bits per heavy atom. The highest BCUT2D eigenvalue weighted by Gasteiger charge is 2.22. The largest absolute Gasteiger partial charge is 0.334 e. The molecule has 0 bridgehead atoms. The average molecular weight is 378 g/mol. The lowest BCUT2D eigenvalue weighted by Crippen LogP contribution is -2.52. The number of amides is 2. The molecule has 1 saturated heterocycles. The lowest BCUT2D eigenvalue weighted by atomic mass is 10.2. The second-order valence-electron chi connectivity index (χ2n) is 5.95. The Labute approximate surface area is 156 Å². The lowest BCUT2D eigenvalue weighted by molar-refractivity contribution is 0.0882. The second-order valence-corrected chi connectivity index (χ2v) is 7.33. The van der Waals surface area contributed by atoms with Gasteiger partial charge in [0.05, 0.1) is 11.4 Å². The van der Waals surface area contributed by atoms with Gasteiger partial charge in [-0.2, -0.15) is 0 Å². The van der Waals surface area contributed by atoms with E-state index in [1.54, 1.807) is 4.90 Å². The molecule has 1 aromatic heterocycles. The Bertz CT molecular complexity index is 710. The molecule has 1 aliphatic rings. The molecule has 0 saturated carbocycles. The zero-order valence-corrected chi connectivity index (χ0v) is 15.4. The van der Waals surface area contributed by atoms with E-state index in [-0.39, 0.29) is 11.8 Å². The lowest BCUT2D eigenvalue weighted by Gasteiger charge is -2.34. The van der Waals surface area contributed by atoms with Crippen LogP contribution in [-0.2, 0) is 6.54 Å². The minimum atomic E-state index is -0.0702. The van der Waals surface area contributed by atoms with Gasteiger partial charge in [-0.1, -0.05) is 29.8 Å². The van der Waals surface area contributed by atoms with Crippen LogP contribution in [0.2, 0.25) is 5.02 Å². The summed E-state index contributed by atoms with van der Waals surface area (Å²) in [6, 6.07) is 11.1. The van der Waals surface area contributed by atoms with Gasteiger partial charge in [-0.15, -0.1) is 11.3 Å². The minimum absolute atomic E-state index is 0.0702. The number of piperazine rings is 1. The first-order valence-electron chi connectivity index (χ1n) is 8.18. The summed E-state index contributed by atoms with van der Waals surface area (Å²) in [6.45, 7) is 3.58. The topological polar surface area (TPSA) is 52.7 Å². The van der Waals surface area contributed by atoms with E-state index in [1.807, 2.05) is 41.8 Å². The average Bonchev–Trinajstić information content (AvgIpc) is 3.16. The van der Waals surface area contributed by atoms with Crippen molar-refractivity contribution in [3.8, 4) is 0 Å². The molecule has 1 fully saturated rings. The third-order valence-electron chi connectivity index (χ3n) is 4.18. The number of benzene rings is 1. The monoisotopic (exact) mass is 377 g/mol. The summed E-state index contributed by atoms with van der Waals surface area (Å²) < 4.78 is 0. The fourth-order valence-electron chi connectivity index (χ4n) is 2.72. The molecule has 1 aromatic carbocycles. The number of rotatable bonds is 5. The van der Waals surface area contributed by atoms with Crippen molar-refractivity contribution in [2.45, 2.75) is 6.54 Å². The highest BCUT2D eigenvalue weighted by molar-refractivity contribution is 7.12. The molecule has 1 aliphatic heterocycles. The molecule has 5 nitrogen and oxygen atoms in total. The van der Waals surface area contributed by atoms with Crippen LogP contribution in [0.25, 0.3) is 0 Å². The van der Waals surface area contributed by atoms with Gasteiger partial charge in [0.2, 0.25) is 0 Å². The predicted octanol–water partition coefficient (Wildman–Crippen LogP) is 3.11. The van der Waals surface area contributed by atoms with Crippen molar-refractivity contribution in [2.75, 3.05) is 32.7 Å². The van der Waals surface area contributed by atoms with Crippen molar-refractivity contribution in [3.63, 3.8) is 0 Å². The van der Waals surface area contributed by atoms with Gasteiger partial charge in [0.1, 0.15) is 0 Å². The zero-order chi connectivity index (χ0) is 17.6. The molecule has 2 aromatic rings. The van der Waals surface area contributed by atoms with Crippen LogP contribution in [0.15, 0.2) is 41.8 Å². The van der Waals surface area contributed by atoms with Crippen LogP contribution in [0.4, 0.5) is 4.79 Å². The summed E-state index contributed by atoms with van der Waals surface area (Å²) in [5.74, 6) is 0.149.